The Kier molecular flexibility index (Phi) is 2.76. The third-order valence-corrected chi connectivity index (χ3v) is 3.18. The minimum atomic E-state index is 0.754. The molecule has 0 saturated heterocycles. The van der Waals surface area contributed by atoms with E-state index < -0.39 is 0 Å². The highest BCUT2D eigenvalue weighted by Gasteiger charge is 2.21. The fraction of sp³-hybridized carbons (Fsp3) is 0.538. The molecule has 1 unspecified atom stereocenters. The molecule has 2 rings (SSSR count). The molecule has 1 heteroatoms. The summed E-state index contributed by atoms with van der Waals surface area (Å²) in [4.78, 5) is 0. The zero-order valence-corrected chi connectivity index (χ0v) is 9.14. The molecule has 0 bridgehead atoms. The molecule has 0 spiro atoms. The average Bonchev–Trinajstić information content (AvgIpc) is 2.60. The van der Waals surface area contributed by atoms with E-state index in [0.717, 1.165) is 12.5 Å². The molecule has 0 aromatic heterocycles. The highest BCUT2D eigenvalue weighted by molar-refractivity contribution is 5.62. The van der Waals surface area contributed by atoms with E-state index in [9.17, 15) is 0 Å². The Morgan fingerprint density at radius 1 is 1.43 bits per heavy atom. The number of benzene rings is 1. The molecule has 1 N–H and O–H groups in total. The first-order valence-electron chi connectivity index (χ1n) is 5.66. The van der Waals surface area contributed by atoms with Crippen LogP contribution in [0.3, 0.4) is 0 Å². The third kappa shape index (κ3) is 1.63. The average molecular weight is 189 g/mol. The predicted molar refractivity (Wildman–Crippen MR) is 61.9 cm³/mol. The van der Waals surface area contributed by atoms with Crippen LogP contribution in [0.1, 0.15) is 43.2 Å². The van der Waals surface area contributed by atoms with Gasteiger partial charge < -0.3 is 5.32 Å². The van der Waals surface area contributed by atoms with Gasteiger partial charge in [0, 0.05) is 18.2 Å². The monoisotopic (exact) mass is 189 g/mol. The van der Waals surface area contributed by atoms with E-state index in [1.807, 2.05) is 0 Å². The lowest BCUT2D eigenvalue weighted by Gasteiger charge is -2.09. The quantitative estimate of drug-likeness (QED) is 0.764. The van der Waals surface area contributed by atoms with Crippen molar-refractivity contribution in [2.75, 3.05) is 11.9 Å². The molecular formula is C13H19N. The summed E-state index contributed by atoms with van der Waals surface area (Å²) in [5.41, 5.74) is 4.33. The Morgan fingerprint density at radius 3 is 3.07 bits per heavy atom. The number of fused-ring (bicyclic) bond motifs is 1. The summed E-state index contributed by atoms with van der Waals surface area (Å²) in [5, 5.41) is 3.53. The Balaban J connectivity index is 2.18. The van der Waals surface area contributed by atoms with Crippen LogP contribution in [0.25, 0.3) is 0 Å². The van der Waals surface area contributed by atoms with Gasteiger partial charge in [-0.15, -0.1) is 0 Å². The van der Waals surface area contributed by atoms with Crippen LogP contribution in [-0.4, -0.2) is 6.54 Å². The number of para-hydroxylation sites is 1. The topological polar surface area (TPSA) is 12.0 Å². The van der Waals surface area contributed by atoms with E-state index >= 15 is 0 Å². The first-order valence-corrected chi connectivity index (χ1v) is 5.66. The highest BCUT2D eigenvalue weighted by Crippen LogP contribution is 2.36. The summed E-state index contributed by atoms with van der Waals surface area (Å²) >= 11 is 0. The Hall–Kier alpha value is -0.980. The molecular weight excluding hydrogens is 170 g/mol. The van der Waals surface area contributed by atoms with Crippen LogP contribution >= 0.6 is 0 Å². The molecule has 0 amide bonds. The molecule has 14 heavy (non-hydrogen) atoms. The Morgan fingerprint density at radius 2 is 2.29 bits per heavy atom. The van der Waals surface area contributed by atoms with Crippen molar-refractivity contribution in [3.8, 4) is 0 Å². The summed E-state index contributed by atoms with van der Waals surface area (Å²) < 4.78 is 0. The van der Waals surface area contributed by atoms with Crippen LogP contribution < -0.4 is 5.32 Å². The van der Waals surface area contributed by atoms with E-state index in [4.69, 9.17) is 0 Å². The van der Waals surface area contributed by atoms with Gasteiger partial charge >= 0.3 is 0 Å². The summed E-state index contributed by atoms with van der Waals surface area (Å²) in [5.74, 6) is 0.754. The van der Waals surface area contributed by atoms with E-state index in [1.165, 1.54) is 30.5 Å². The normalized spacial score (nSPS) is 19.1. The highest BCUT2D eigenvalue weighted by atomic mass is 14.9. The Bertz CT molecular complexity index is 317. The van der Waals surface area contributed by atoms with Crippen LogP contribution in [0.4, 0.5) is 5.69 Å². The van der Waals surface area contributed by atoms with Gasteiger partial charge in [-0.25, -0.2) is 0 Å². The summed E-state index contributed by atoms with van der Waals surface area (Å²) in [6.45, 7) is 5.59. The van der Waals surface area contributed by atoms with Crippen molar-refractivity contribution in [2.24, 2.45) is 0 Å². The number of anilines is 1. The van der Waals surface area contributed by atoms with Gasteiger partial charge in [0.25, 0.3) is 0 Å². The second kappa shape index (κ2) is 4.04. The van der Waals surface area contributed by atoms with Crippen LogP contribution in [0.2, 0.25) is 0 Å². The predicted octanol–water partition coefficient (Wildman–Crippen LogP) is 3.69. The van der Waals surface area contributed by atoms with Crippen molar-refractivity contribution in [3.63, 3.8) is 0 Å². The lowest BCUT2D eigenvalue weighted by Crippen LogP contribution is -2.01. The van der Waals surface area contributed by atoms with Gasteiger partial charge in [0.15, 0.2) is 0 Å². The van der Waals surface area contributed by atoms with E-state index in [-0.39, 0.29) is 0 Å². The number of hydrogen-bond acceptors (Lipinski definition) is 1. The maximum absolute atomic E-state index is 3.53. The zero-order valence-electron chi connectivity index (χ0n) is 9.14. The molecule has 1 aliphatic rings. The van der Waals surface area contributed by atoms with Crippen LogP contribution in [0, 0.1) is 6.92 Å². The van der Waals surface area contributed by atoms with E-state index in [0.29, 0.717) is 0 Å². The smallest absolute Gasteiger partial charge is 0.0406 e. The van der Waals surface area contributed by atoms with Gasteiger partial charge in [0.2, 0.25) is 0 Å². The second-order valence-corrected chi connectivity index (χ2v) is 4.26. The molecule has 0 saturated carbocycles. The molecule has 1 heterocycles. The molecule has 1 aliphatic heterocycles. The maximum atomic E-state index is 3.53. The molecule has 1 aromatic carbocycles. The standard InChI is InChI=1S/C13H19N/c1-3-4-7-11-9-14-13-10(2)6-5-8-12(11)13/h5-6,8,11,14H,3-4,7,9H2,1-2H3. The minimum absolute atomic E-state index is 0.754. The molecule has 76 valence electrons. The third-order valence-electron chi connectivity index (χ3n) is 3.18. The van der Waals surface area contributed by atoms with Gasteiger partial charge in [-0.2, -0.15) is 0 Å². The van der Waals surface area contributed by atoms with Crippen molar-refractivity contribution in [1.29, 1.82) is 0 Å². The molecule has 0 aliphatic carbocycles. The number of nitrogens with one attached hydrogen (secondary N) is 1. The molecule has 0 radical (unpaired) electrons. The fourth-order valence-electron chi connectivity index (χ4n) is 2.32. The largest absolute Gasteiger partial charge is 0.384 e. The van der Waals surface area contributed by atoms with E-state index in [1.54, 1.807) is 5.56 Å². The van der Waals surface area contributed by atoms with Crippen LogP contribution in [-0.2, 0) is 0 Å². The van der Waals surface area contributed by atoms with Gasteiger partial charge in [-0.1, -0.05) is 38.0 Å². The van der Waals surface area contributed by atoms with Gasteiger partial charge in [0.1, 0.15) is 0 Å². The first-order chi connectivity index (χ1) is 6.83. The van der Waals surface area contributed by atoms with Crippen molar-refractivity contribution < 1.29 is 0 Å². The number of unbranched alkanes of at least 4 members (excludes halogenated alkanes) is 1. The number of rotatable bonds is 3. The first kappa shape index (κ1) is 9.57. The lowest BCUT2D eigenvalue weighted by molar-refractivity contribution is 0.622. The number of aryl methyl sites for hydroxylation is 1. The maximum Gasteiger partial charge on any atom is 0.0406 e. The van der Waals surface area contributed by atoms with Crippen molar-refractivity contribution >= 4 is 5.69 Å². The molecule has 0 fully saturated rings. The van der Waals surface area contributed by atoms with Crippen molar-refractivity contribution in [2.45, 2.75) is 39.0 Å². The minimum Gasteiger partial charge on any atom is -0.384 e. The number of hydrogen-bond donors (Lipinski definition) is 1. The second-order valence-electron chi connectivity index (χ2n) is 4.26. The summed E-state index contributed by atoms with van der Waals surface area (Å²) in [7, 11) is 0. The van der Waals surface area contributed by atoms with Gasteiger partial charge in [0.05, 0.1) is 0 Å². The Labute approximate surface area is 86.5 Å². The molecule has 1 nitrogen and oxygen atoms in total. The van der Waals surface area contributed by atoms with Crippen molar-refractivity contribution in [1.82, 2.24) is 0 Å². The lowest BCUT2D eigenvalue weighted by atomic mass is 9.94. The zero-order chi connectivity index (χ0) is 9.97. The molecule has 1 aromatic rings. The van der Waals surface area contributed by atoms with Crippen LogP contribution in [0.15, 0.2) is 18.2 Å². The van der Waals surface area contributed by atoms with E-state index in [2.05, 4.69) is 37.4 Å². The summed E-state index contributed by atoms with van der Waals surface area (Å²) in [6, 6.07) is 6.65. The van der Waals surface area contributed by atoms with Crippen LogP contribution in [0.5, 0.6) is 0 Å². The summed E-state index contributed by atoms with van der Waals surface area (Å²) in [6.07, 6.45) is 3.98. The molecule has 1 atom stereocenters. The SMILES string of the molecule is CCCCC1CNc2c(C)cccc21. The van der Waals surface area contributed by atoms with Gasteiger partial charge in [-0.05, 0) is 24.5 Å². The fourth-order valence-corrected chi connectivity index (χ4v) is 2.32. The van der Waals surface area contributed by atoms with Crippen molar-refractivity contribution in [3.05, 3.63) is 29.3 Å². The van der Waals surface area contributed by atoms with Gasteiger partial charge in [-0.3, -0.25) is 0 Å².